The van der Waals surface area contributed by atoms with Crippen LogP contribution in [0, 0.1) is 0 Å². The van der Waals surface area contributed by atoms with Crippen molar-refractivity contribution in [2.24, 2.45) is 0 Å². The Labute approximate surface area is 107 Å². The Hall–Kier alpha value is -2.02. The van der Waals surface area contributed by atoms with Gasteiger partial charge in [0.05, 0.1) is 5.56 Å². The third-order valence-electron chi connectivity index (χ3n) is 2.39. The zero-order valence-corrected chi connectivity index (χ0v) is 9.99. The van der Waals surface area contributed by atoms with E-state index in [-0.39, 0.29) is 16.7 Å². The molecule has 0 radical (unpaired) electrons. The average molecular weight is 266 g/mol. The smallest absolute Gasteiger partial charge is 0.335 e. The lowest BCUT2D eigenvalue weighted by Crippen LogP contribution is -2.38. The van der Waals surface area contributed by atoms with E-state index in [1.54, 1.807) is 0 Å². The van der Waals surface area contributed by atoms with E-state index in [2.05, 4.69) is 10.6 Å². The molecule has 3 N–H and O–H groups in total. The molecule has 1 saturated heterocycles. The number of hydrogen-bond donors (Lipinski definition) is 3. The molecular weight excluding hydrogens is 256 g/mol. The van der Waals surface area contributed by atoms with Gasteiger partial charge in [0.1, 0.15) is 6.04 Å². The third-order valence-corrected chi connectivity index (χ3v) is 3.27. The molecule has 1 aliphatic rings. The molecule has 0 bridgehead atoms. The zero-order chi connectivity index (χ0) is 13.1. The summed E-state index contributed by atoms with van der Waals surface area (Å²) in [6, 6.07) is 5.28. The minimum atomic E-state index is -1.02. The number of thioether (sulfide) groups is 1. The van der Waals surface area contributed by atoms with E-state index in [4.69, 9.17) is 5.11 Å². The van der Waals surface area contributed by atoms with Crippen molar-refractivity contribution in [3.8, 4) is 0 Å². The maximum Gasteiger partial charge on any atom is 0.335 e. The highest BCUT2D eigenvalue weighted by Crippen LogP contribution is 2.15. The van der Waals surface area contributed by atoms with Crippen molar-refractivity contribution in [2.45, 2.75) is 6.04 Å². The van der Waals surface area contributed by atoms with Crippen LogP contribution in [0.3, 0.4) is 0 Å². The van der Waals surface area contributed by atoms with E-state index in [1.807, 2.05) is 0 Å². The number of carbonyl (C=O) groups is 3. The first-order valence-corrected chi connectivity index (χ1v) is 6.12. The van der Waals surface area contributed by atoms with Crippen LogP contribution in [0.2, 0.25) is 0 Å². The Morgan fingerprint density at radius 1 is 1.33 bits per heavy atom. The fourth-order valence-electron chi connectivity index (χ4n) is 1.45. The first kappa shape index (κ1) is 12.4. The SMILES string of the molecule is O=C1NC(C(=O)Nc2ccc(C(=O)O)cc2)CS1. The van der Waals surface area contributed by atoms with Crippen molar-refractivity contribution in [3.05, 3.63) is 29.8 Å². The van der Waals surface area contributed by atoms with Gasteiger partial charge in [-0.1, -0.05) is 11.8 Å². The molecule has 1 atom stereocenters. The van der Waals surface area contributed by atoms with Crippen molar-refractivity contribution in [3.63, 3.8) is 0 Å². The van der Waals surface area contributed by atoms with E-state index >= 15 is 0 Å². The fraction of sp³-hybridized carbons (Fsp3) is 0.182. The minimum Gasteiger partial charge on any atom is -0.478 e. The van der Waals surface area contributed by atoms with Crippen molar-refractivity contribution in [1.82, 2.24) is 5.32 Å². The molecule has 1 fully saturated rings. The molecule has 6 nitrogen and oxygen atoms in total. The van der Waals surface area contributed by atoms with Gasteiger partial charge in [-0.2, -0.15) is 0 Å². The van der Waals surface area contributed by atoms with Gasteiger partial charge in [0.25, 0.3) is 5.24 Å². The number of benzene rings is 1. The Morgan fingerprint density at radius 3 is 2.50 bits per heavy atom. The number of hydrogen-bond acceptors (Lipinski definition) is 4. The Morgan fingerprint density at radius 2 is 2.00 bits per heavy atom. The van der Waals surface area contributed by atoms with Crippen molar-refractivity contribution >= 4 is 34.6 Å². The lowest BCUT2D eigenvalue weighted by atomic mass is 10.2. The van der Waals surface area contributed by atoms with E-state index in [0.717, 1.165) is 11.8 Å². The number of amides is 2. The van der Waals surface area contributed by atoms with Crippen molar-refractivity contribution < 1.29 is 19.5 Å². The number of aromatic carboxylic acids is 1. The summed E-state index contributed by atoms with van der Waals surface area (Å²) in [6.45, 7) is 0. The van der Waals surface area contributed by atoms with Gasteiger partial charge in [-0.15, -0.1) is 0 Å². The van der Waals surface area contributed by atoms with E-state index in [9.17, 15) is 14.4 Å². The lowest BCUT2D eigenvalue weighted by Gasteiger charge is -2.10. The summed E-state index contributed by atoms with van der Waals surface area (Å²) in [4.78, 5) is 33.3. The van der Waals surface area contributed by atoms with Crippen LogP contribution in [-0.2, 0) is 4.79 Å². The molecule has 2 amide bonds. The van der Waals surface area contributed by atoms with E-state index < -0.39 is 12.0 Å². The minimum absolute atomic E-state index is 0.151. The molecule has 1 aliphatic heterocycles. The van der Waals surface area contributed by atoms with E-state index in [0.29, 0.717) is 11.4 Å². The molecule has 1 aromatic carbocycles. The van der Waals surface area contributed by atoms with Crippen LogP contribution < -0.4 is 10.6 Å². The summed E-state index contributed by atoms with van der Waals surface area (Å²) in [5, 5.41) is 13.6. The second-order valence-electron chi connectivity index (χ2n) is 3.67. The highest BCUT2D eigenvalue weighted by Gasteiger charge is 2.27. The number of carbonyl (C=O) groups excluding carboxylic acids is 2. The molecule has 1 heterocycles. The normalized spacial score (nSPS) is 18.2. The van der Waals surface area contributed by atoms with Crippen LogP contribution in [0.1, 0.15) is 10.4 Å². The molecule has 0 aromatic heterocycles. The van der Waals surface area contributed by atoms with Crippen LogP contribution >= 0.6 is 11.8 Å². The second-order valence-corrected chi connectivity index (χ2v) is 4.66. The Bertz CT molecular complexity index is 500. The number of anilines is 1. The molecule has 0 aliphatic carbocycles. The quantitative estimate of drug-likeness (QED) is 0.762. The fourth-order valence-corrected chi connectivity index (χ4v) is 2.23. The van der Waals surface area contributed by atoms with Gasteiger partial charge in [-0.05, 0) is 24.3 Å². The maximum absolute atomic E-state index is 11.7. The van der Waals surface area contributed by atoms with Gasteiger partial charge in [0.15, 0.2) is 0 Å². The van der Waals surface area contributed by atoms with Gasteiger partial charge >= 0.3 is 5.97 Å². The summed E-state index contributed by atoms with van der Waals surface area (Å²) in [7, 11) is 0. The molecule has 0 saturated carbocycles. The summed E-state index contributed by atoms with van der Waals surface area (Å²) in [5.74, 6) is -0.929. The maximum atomic E-state index is 11.7. The van der Waals surface area contributed by atoms with Gasteiger partial charge in [-0.25, -0.2) is 4.79 Å². The summed E-state index contributed by atoms with van der Waals surface area (Å²) >= 11 is 1.06. The largest absolute Gasteiger partial charge is 0.478 e. The molecule has 1 aromatic rings. The van der Waals surface area contributed by atoms with Crippen LogP contribution in [-0.4, -0.2) is 34.0 Å². The van der Waals surface area contributed by atoms with Crippen molar-refractivity contribution in [2.75, 3.05) is 11.1 Å². The number of carboxylic acid groups (broad SMARTS) is 1. The Balaban J connectivity index is 1.99. The van der Waals surface area contributed by atoms with Gasteiger partial charge < -0.3 is 15.7 Å². The topological polar surface area (TPSA) is 95.5 Å². The summed E-state index contributed by atoms with van der Waals surface area (Å²) in [5.41, 5.74) is 0.647. The number of carboxylic acids is 1. The monoisotopic (exact) mass is 266 g/mol. The second kappa shape index (κ2) is 5.09. The summed E-state index contributed by atoms with van der Waals surface area (Å²) < 4.78 is 0. The first-order valence-electron chi connectivity index (χ1n) is 5.14. The van der Waals surface area contributed by atoms with Gasteiger partial charge in [0.2, 0.25) is 5.91 Å². The number of nitrogens with one attached hydrogen (secondary N) is 2. The number of rotatable bonds is 3. The van der Waals surface area contributed by atoms with Crippen LogP contribution in [0.5, 0.6) is 0 Å². The highest BCUT2D eigenvalue weighted by molar-refractivity contribution is 8.14. The molecule has 7 heteroatoms. The van der Waals surface area contributed by atoms with Gasteiger partial charge in [-0.3, -0.25) is 9.59 Å². The first-order chi connectivity index (χ1) is 8.56. The lowest BCUT2D eigenvalue weighted by molar-refractivity contribution is -0.117. The Kier molecular flexibility index (Phi) is 3.52. The highest BCUT2D eigenvalue weighted by atomic mass is 32.2. The van der Waals surface area contributed by atoms with E-state index in [1.165, 1.54) is 24.3 Å². The summed E-state index contributed by atoms with van der Waals surface area (Å²) in [6.07, 6.45) is 0. The molecule has 94 valence electrons. The van der Waals surface area contributed by atoms with Crippen LogP contribution in [0.25, 0.3) is 0 Å². The van der Waals surface area contributed by atoms with Crippen molar-refractivity contribution in [1.29, 1.82) is 0 Å². The molecule has 1 unspecified atom stereocenters. The average Bonchev–Trinajstić information content (AvgIpc) is 2.76. The predicted molar refractivity (Wildman–Crippen MR) is 66.8 cm³/mol. The molecular formula is C11H10N2O4S. The zero-order valence-electron chi connectivity index (χ0n) is 9.17. The van der Waals surface area contributed by atoms with Gasteiger partial charge in [0, 0.05) is 11.4 Å². The standard InChI is InChI=1S/C11H10N2O4S/c14-9(8-5-18-11(17)13-8)12-7-3-1-6(2-4-7)10(15)16/h1-4,8H,5H2,(H,12,14)(H,13,17)(H,15,16). The molecule has 18 heavy (non-hydrogen) atoms. The predicted octanol–water partition coefficient (Wildman–Crippen LogP) is 1.15. The van der Waals surface area contributed by atoms with Crippen LogP contribution in [0.4, 0.5) is 10.5 Å². The molecule has 0 spiro atoms. The van der Waals surface area contributed by atoms with Crippen LogP contribution in [0.15, 0.2) is 24.3 Å². The molecule has 2 rings (SSSR count). The third kappa shape index (κ3) is 2.80.